The van der Waals surface area contributed by atoms with E-state index in [0.29, 0.717) is 30.9 Å². The van der Waals surface area contributed by atoms with Gasteiger partial charge in [0.1, 0.15) is 30.0 Å². The summed E-state index contributed by atoms with van der Waals surface area (Å²) in [5.41, 5.74) is 2.32. The number of carbonyl (C=O) groups is 2. The van der Waals surface area contributed by atoms with Crippen LogP contribution in [0.2, 0.25) is 0 Å². The van der Waals surface area contributed by atoms with Gasteiger partial charge in [-0.3, -0.25) is 9.59 Å². The van der Waals surface area contributed by atoms with Gasteiger partial charge in [-0.1, -0.05) is 24.8 Å². The topological polar surface area (TPSA) is 79.3 Å². The van der Waals surface area contributed by atoms with E-state index in [9.17, 15) is 14.7 Å². The summed E-state index contributed by atoms with van der Waals surface area (Å²) < 4.78 is 11.4. The number of likely N-dealkylation sites (tertiary alicyclic amines) is 1. The highest BCUT2D eigenvalue weighted by Gasteiger charge is 2.45. The number of benzene rings is 2. The average Bonchev–Trinajstić information content (AvgIpc) is 3.33. The van der Waals surface area contributed by atoms with Crippen molar-refractivity contribution in [3.8, 4) is 11.5 Å². The van der Waals surface area contributed by atoms with Gasteiger partial charge >= 0.3 is 0 Å². The molecule has 2 heterocycles. The number of hydrogen-bond acceptors (Lipinski definition) is 6. The predicted octanol–water partition coefficient (Wildman–Crippen LogP) is 3.95. The van der Waals surface area contributed by atoms with Gasteiger partial charge in [0.2, 0.25) is 0 Å². The van der Waals surface area contributed by atoms with Crippen LogP contribution in [0.4, 0.5) is 0 Å². The average molecular weight is 477 g/mol. The highest BCUT2D eigenvalue weighted by Crippen LogP contribution is 2.41. The van der Waals surface area contributed by atoms with Crippen LogP contribution in [-0.2, 0) is 16.0 Å². The second kappa shape index (κ2) is 10.4. The lowest BCUT2D eigenvalue weighted by Gasteiger charge is -2.26. The smallest absolute Gasteiger partial charge is 0.295 e. The molecule has 1 N–H and O–H groups in total. The number of carbonyl (C=O) groups excluding carboxylic acids is 2. The number of aliphatic hydroxyl groups is 1. The molecule has 0 spiro atoms. The van der Waals surface area contributed by atoms with Crippen LogP contribution in [0.1, 0.15) is 36.1 Å². The molecule has 2 aromatic rings. The van der Waals surface area contributed by atoms with Crippen molar-refractivity contribution >= 4 is 17.4 Å². The molecule has 4 rings (SSSR count). The van der Waals surface area contributed by atoms with E-state index in [0.717, 1.165) is 29.8 Å². The fourth-order valence-electron chi connectivity index (χ4n) is 4.64. The van der Waals surface area contributed by atoms with E-state index in [1.165, 1.54) is 0 Å². The number of hydrogen-bond donors (Lipinski definition) is 1. The molecule has 1 saturated heterocycles. The van der Waals surface area contributed by atoms with Crippen molar-refractivity contribution in [3.63, 3.8) is 0 Å². The predicted molar refractivity (Wildman–Crippen MR) is 135 cm³/mol. The van der Waals surface area contributed by atoms with Crippen LogP contribution in [0.3, 0.4) is 0 Å². The number of fused-ring (bicyclic) bond motifs is 1. The monoisotopic (exact) mass is 476 g/mol. The number of nitrogens with zero attached hydrogens (tertiary/aromatic N) is 2. The molecule has 2 aromatic carbocycles. The zero-order valence-corrected chi connectivity index (χ0v) is 20.5. The van der Waals surface area contributed by atoms with Gasteiger partial charge in [0.15, 0.2) is 0 Å². The van der Waals surface area contributed by atoms with Gasteiger partial charge in [-0.15, -0.1) is 0 Å². The highest BCUT2D eigenvalue weighted by atomic mass is 16.5. The minimum Gasteiger partial charge on any atom is -0.507 e. The molecule has 0 aliphatic carbocycles. The first-order valence-electron chi connectivity index (χ1n) is 11.9. The number of Topliss-reactive ketones (excluding diaryl/α,β-unsaturated/α-hetero) is 1. The van der Waals surface area contributed by atoms with E-state index < -0.39 is 17.7 Å². The van der Waals surface area contributed by atoms with Crippen LogP contribution >= 0.6 is 0 Å². The number of aliphatic hydroxyl groups excluding tert-OH is 1. The van der Waals surface area contributed by atoms with E-state index in [1.54, 1.807) is 29.2 Å². The second-order valence-electron chi connectivity index (χ2n) is 9.27. The molecule has 0 aromatic heterocycles. The third kappa shape index (κ3) is 5.10. The molecule has 0 bridgehead atoms. The van der Waals surface area contributed by atoms with E-state index in [2.05, 4.69) is 6.58 Å². The Hall–Kier alpha value is -3.58. The molecule has 1 fully saturated rings. The molecule has 2 aliphatic heterocycles. The summed E-state index contributed by atoms with van der Waals surface area (Å²) in [4.78, 5) is 29.9. The second-order valence-corrected chi connectivity index (χ2v) is 9.27. The molecule has 1 amide bonds. The number of ether oxygens (including phenoxy) is 2. The Bertz CT molecular complexity index is 1150. The normalized spacial score (nSPS) is 20.7. The van der Waals surface area contributed by atoms with Gasteiger partial charge in [-0.2, -0.15) is 0 Å². The van der Waals surface area contributed by atoms with Crippen molar-refractivity contribution in [1.29, 1.82) is 0 Å². The number of rotatable bonds is 9. The molecule has 184 valence electrons. The summed E-state index contributed by atoms with van der Waals surface area (Å²) in [5.74, 6) is 0.00320. The summed E-state index contributed by atoms with van der Waals surface area (Å²) in [6.07, 6.45) is 3.15. The van der Waals surface area contributed by atoms with E-state index in [1.807, 2.05) is 50.2 Å². The molecule has 7 heteroatoms. The number of amides is 1. The largest absolute Gasteiger partial charge is 0.507 e. The summed E-state index contributed by atoms with van der Waals surface area (Å²) in [7, 11) is 3.93. The van der Waals surface area contributed by atoms with E-state index in [-0.39, 0.29) is 17.4 Å². The van der Waals surface area contributed by atoms with E-state index in [4.69, 9.17) is 9.47 Å². The molecule has 2 aliphatic rings. The van der Waals surface area contributed by atoms with Crippen LogP contribution in [0.15, 0.2) is 60.7 Å². The standard InChI is InChI=1S/C28H32N2O5/c1-5-15-34-22-10-7-19(8-11-22)25-24(27(32)28(33)30(25)14-6-13-29(3)4)26(31)20-9-12-23-21(17-20)16-18(2)35-23/h5,7-12,17-18,25,31H,1,6,13-16H2,2-4H3/t18-,25-/m1/s1. The van der Waals surface area contributed by atoms with Crippen LogP contribution in [-0.4, -0.2) is 66.5 Å². The molecule has 0 saturated carbocycles. The molecule has 2 atom stereocenters. The zero-order chi connectivity index (χ0) is 25.1. The maximum absolute atomic E-state index is 13.2. The summed E-state index contributed by atoms with van der Waals surface area (Å²) in [5, 5.41) is 11.3. The van der Waals surface area contributed by atoms with Crippen LogP contribution in [0.25, 0.3) is 5.76 Å². The summed E-state index contributed by atoms with van der Waals surface area (Å²) >= 11 is 0. The molecular weight excluding hydrogens is 444 g/mol. The third-order valence-electron chi connectivity index (χ3n) is 6.28. The SMILES string of the molecule is C=CCOc1ccc([C@@H]2C(=C(O)c3ccc4c(c3)C[C@@H](C)O4)C(=O)C(=O)N2CCCN(C)C)cc1. The van der Waals surface area contributed by atoms with E-state index >= 15 is 0 Å². The Labute approximate surface area is 206 Å². The summed E-state index contributed by atoms with van der Waals surface area (Å²) in [6, 6.07) is 12.0. The van der Waals surface area contributed by atoms with Crippen molar-refractivity contribution in [2.45, 2.75) is 31.9 Å². The Balaban J connectivity index is 1.74. The molecule has 35 heavy (non-hydrogen) atoms. The van der Waals surface area contributed by atoms with Crippen LogP contribution in [0.5, 0.6) is 11.5 Å². The maximum Gasteiger partial charge on any atom is 0.295 e. The quantitative estimate of drug-likeness (QED) is 0.256. The lowest BCUT2D eigenvalue weighted by Crippen LogP contribution is -2.32. The molecule has 0 radical (unpaired) electrons. The minimum absolute atomic E-state index is 0.0616. The van der Waals surface area contributed by atoms with Gasteiger partial charge in [0.05, 0.1) is 11.6 Å². The van der Waals surface area contributed by atoms with Crippen molar-refractivity contribution in [3.05, 3.63) is 77.4 Å². The third-order valence-corrected chi connectivity index (χ3v) is 6.28. The zero-order valence-electron chi connectivity index (χ0n) is 20.5. The van der Waals surface area contributed by atoms with Gasteiger partial charge in [0.25, 0.3) is 11.7 Å². The minimum atomic E-state index is -0.686. The Kier molecular flexibility index (Phi) is 7.26. The number of ketones is 1. The first-order valence-corrected chi connectivity index (χ1v) is 11.9. The maximum atomic E-state index is 13.2. The fourth-order valence-corrected chi connectivity index (χ4v) is 4.64. The lowest BCUT2D eigenvalue weighted by atomic mass is 9.94. The van der Waals surface area contributed by atoms with Crippen molar-refractivity contribution in [2.75, 3.05) is 33.8 Å². The Morgan fingerprint density at radius 1 is 1.23 bits per heavy atom. The van der Waals surface area contributed by atoms with Crippen molar-refractivity contribution in [1.82, 2.24) is 9.80 Å². The molecule has 7 nitrogen and oxygen atoms in total. The van der Waals surface area contributed by atoms with Gasteiger partial charge in [-0.25, -0.2) is 0 Å². The highest BCUT2D eigenvalue weighted by molar-refractivity contribution is 6.46. The summed E-state index contributed by atoms with van der Waals surface area (Å²) in [6.45, 7) is 7.19. The Morgan fingerprint density at radius 3 is 2.66 bits per heavy atom. The van der Waals surface area contributed by atoms with Crippen LogP contribution in [0, 0.1) is 0 Å². The van der Waals surface area contributed by atoms with Gasteiger partial charge in [0, 0.05) is 18.5 Å². The molecular formula is C28H32N2O5. The van der Waals surface area contributed by atoms with Gasteiger partial charge < -0.3 is 24.4 Å². The lowest BCUT2D eigenvalue weighted by molar-refractivity contribution is -0.139. The first-order chi connectivity index (χ1) is 16.8. The molecule has 0 unspecified atom stereocenters. The first kappa shape index (κ1) is 24.5. The van der Waals surface area contributed by atoms with Crippen molar-refractivity contribution in [2.24, 2.45) is 0 Å². The van der Waals surface area contributed by atoms with Gasteiger partial charge in [-0.05, 0) is 75.4 Å². The fraction of sp³-hybridized carbons (Fsp3) is 0.357. The van der Waals surface area contributed by atoms with Crippen molar-refractivity contribution < 1.29 is 24.2 Å². The van der Waals surface area contributed by atoms with Crippen LogP contribution < -0.4 is 9.47 Å². The Morgan fingerprint density at radius 2 is 1.97 bits per heavy atom.